The first kappa shape index (κ1) is 24.9. The highest BCUT2D eigenvalue weighted by Crippen LogP contribution is 2.41. The van der Waals surface area contributed by atoms with Gasteiger partial charge in [-0.1, -0.05) is 40.0 Å². The van der Waals surface area contributed by atoms with Crippen molar-refractivity contribution in [3.63, 3.8) is 0 Å². The number of ether oxygens (including phenoxy) is 1. The van der Waals surface area contributed by atoms with Gasteiger partial charge in [-0.05, 0) is 37.5 Å². The van der Waals surface area contributed by atoms with E-state index >= 15 is 0 Å². The van der Waals surface area contributed by atoms with Crippen molar-refractivity contribution in [3.05, 3.63) is 0 Å². The number of hydrogen-bond donors (Lipinski definition) is 5. The van der Waals surface area contributed by atoms with Crippen LogP contribution >= 0.6 is 11.8 Å². The second kappa shape index (κ2) is 10.8. The van der Waals surface area contributed by atoms with Crippen molar-refractivity contribution >= 4 is 17.7 Å². The zero-order valence-electron chi connectivity index (χ0n) is 18.4. The van der Waals surface area contributed by atoms with Crippen LogP contribution in [0.4, 0.5) is 0 Å². The third-order valence-corrected chi connectivity index (χ3v) is 7.49. The lowest BCUT2D eigenvalue weighted by molar-refractivity contribution is -0.226. The standard InChI is InChI=1S/C21H40N2O5S/c1-6-7-8-9-14-10-15(22-11-14)21(12(2)3,23-13(4)24)19-17(26)16(25)18(27)20(28-19)29-5/h12,14-20,22,25-27H,6-11H2,1-5H3,(H,23,24). The summed E-state index contributed by atoms with van der Waals surface area (Å²) in [7, 11) is 0. The smallest absolute Gasteiger partial charge is 0.217 e. The Morgan fingerprint density at radius 1 is 1.24 bits per heavy atom. The van der Waals surface area contributed by atoms with E-state index in [4.69, 9.17) is 4.74 Å². The molecule has 2 heterocycles. The van der Waals surface area contributed by atoms with E-state index in [1.165, 1.54) is 37.9 Å². The minimum absolute atomic E-state index is 0.0668. The molecule has 0 aromatic rings. The maximum atomic E-state index is 12.3. The van der Waals surface area contributed by atoms with Gasteiger partial charge in [0.1, 0.15) is 29.9 Å². The summed E-state index contributed by atoms with van der Waals surface area (Å²) in [5, 5.41) is 38.4. The van der Waals surface area contributed by atoms with Crippen molar-refractivity contribution in [1.82, 2.24) is 10.6 Å². The van der Waals surface area contributed by atoms with Crippen LogP contribution in [0.2, 0.25) is 0 Å². The molecule has 0 aromatic heterocycles. The number of unbranched alkanes of at least 4 members (excludes halogenated alkanes) is 2. The monoisotopic (exact) mass is 432 g/mol. The summed E-state index contributed by atoms with van der Waals surface area (Å²) in [6, 6.07) is -0.0948. The fraction of sp³-hybridized carbons (Fsp3) is 0.952. The number of amides is 1. The van der Waals surface area contributed by atoms with Gasteiger partial charge < -0.3 is 30.7 Å². The summed E-state index contributed by atoms with van der Waals surface area (Å²) < 4.78 is 6.15. The molecule has 0 radical (unpaired) electrons. The molecule has 0 aromatic carbocycles. The first-order valence-electron chi connectivity index (χ1n) is 10.9. The molecule has 2 saturated heterocycles. The summed E-state index contributed by atoms with van der Waals surface area (Å²) in [6.45, 7) is 8.53. The van der Waals surface area contributed by atoms with Gasteiger partial charge in [-0.25, -0.2) is 0 Å². The Balaban J connectivity index is 2.34. The molecule has 5 N–H and O–H groups in total. The Labute approximate surface area is 179 Å². The van der Waals surface area contributed by atoms with E-state index in [0.717, 1.165) is 19.4 Å². The first-order chi connectivity index (χ1) is 13.7. The maximum Gasteiger partial charge on any atom is 0.217 e. The first-order valence-corrected chi connectivity index (χ1v) is 12.2. The molecule has 2 rings (SSSR count). The number of hydrogen-bond acceptors (Lipinski definition) is 7. The van der Waals surface area contributed by atoms with Crippen LogP contribution in [0.5, 0.6) is 0 Å². The molecule has 8 atom stereocenters. The molecule has 0 aliphatic carbocycles. The molecule has 2 aliphatic rings. The lowest BCUT2D eigenvalue weighted by Gasteiger charge is -2.53. The van der Waals surface area contributed by atoms with E-state index in [-0.39, 0.29) is 17.9 Å². The van der Waals surface area contributed by atoms with Gasteiger partial charge in [-0.15, -0.1) is 11.8 Å². The van der Waals surface area contributed by atoms with Gasteiger partial charge in [0.2, 0.25) is 5.91 Å². The van der Waals surface area contributed by atoms with Crippen molar-refractivity contribution in [2.24, 2.45) is 11.8 Å². The molecular formula is C21H40N2O5S. The molecule has 0 saturated carbocycles. The number of aliphatic hydroxyl groups is 3. The van der Waals surface area contributed by atoms with E-state index in [1.54, 1.807) is 6.26 Å². The summed E-state index contributed by atoms with van der Waals surface area (Å²) in [4.78, 5) is 12.3. The van der Waals surface area contributed by atoms with Crippen molar-refractivity contribution < 1.29 is 24.9 Å². The van der Waals surface area contributed by atoms with Gasteiger partial charge >= 0.3 is 0 Å². The molecule has 8 unspecified atom stereocenters. The van der Waals surface area contributed by atoms with Crippen molar-refractivity contribution in [2.75, 3.05) is 12.8 Å². The number of carbonyl (C=O) groups excluding carboxylic acids is 1. The van der Waals surface area contributed by atoms with E-state index < -0.39 is 35.4 Å². The second-order valence-corrected chi connectivity index (χ2v) is 9.90. The second-order valence-electron chi connectivity index (χ2n) is 8.96. The Bertz CT molecular complexity index is 535. The minimum Gasteiger partial charge on any atom is -0.387 e. The number of aliphatic hydroxyl groups excluding tert-OH is 3. The SMILES string of the molecule is CCCCCC1CNC(C(NC(C)=O)(C(C)C)C2OC(SC)C(O)C(O)C2O)C1. The highest BCUT2D eigenvalue weighted by molar-refractivity contribution is 7.99. The highest BCUT2D eigenvalue weighted by atomic mass is 32.2. The fourth-order valence-electron chi connectivity index (χ4n) is 5.05. The molecule has 0 bridgehead atoms. The van der Waals surface area contributed by atoms with Gasteiger partial charge in [0.25, 0.3) is 0 Å². The molecule has 170 valence electrons. The maximum absolute atomic E-state index is 12.3. The van der Waals surface area contributed by atoms with Crippen LogP contribution < -0.4 is 10.6 Å². The van der Waals surface area contributed by atoms with Crippen LogP contribution in [-0.4, -0.2) is 75.5 Å². The van der Waals surface area contributed by atoms with Crippen LogP contribution in [0.15, 0.2) is 0 Å². The topological polar surface area (TPSA) is 111 Å². The number of rotatable bonds is 9. The number of carbonyl (C=O) groups is 1. The van der Waals surface area contributed by atoms with E-state index in [2.05, 4.69) is 17.6 Å². The highest BCUT2D eigenvalue weighted by Gasteiger charge is 2.58. The van der Waals surface area contributed by atoms with Crippen LogP contribution in [0.1, 0.15) is 59.8 Å². The lowest BCUT2D eigenvalue weighted by Crippen LogP contribution is -2.75. The number of thioether (sulfide) groups is 1. The van der Waals surface area contributed by atoms with E-state index in [1.807, 2.05) is 13.8 Å². The Morgan fingerprint density at radius 2 is 1.93 bits per heavy atom. The third-order valence-electron chi connectivity index (χ3n) is 6.64. The van der Waals surface area contributed by atoms with E-state index in [0.29, 0.717) is 5.92 Å². The van der Waals surface area contributed by atoms with Gasteiger partial charge in [0.05, 0.1) is 5.54 Å². The fourth-order valence-corrected chi connectivity index (χ4v) is 5.72. The average Bonchev–Trinajstić information content (AvgIpc) is 3.14. The zero-order chi connectivity index (χ0) is 21.8. The summed E-state index contributed by atoms with van der Waals surface area (Å²) in [6.07, 6.45) is 2.73. The Hall–Kier alpha value is -0.380. The third kappa shape index (κ3) is 5.28. The molecular weight excluding hydrogens is 392 g/mol. The van der Waals surface area contributed by atoms with Crippen LogP contribution in [0, 0.1) is 11.8 Å². The summed E-state index contributed by atoms with van der Waals surface area (Å²) in [5.41, 5.74) is -1.58. The summed E-state index contributed by atoms with van der Waals surface area (Å²) >= 11 is 1.29. The van der Waals surface area contributed by atoms with Gasteiger partial charge in [-0.2, -0.15) is 0 Å². The van der Waals surface area contributed by atoms with Crippen molar-refractivity contribution in [2.45, 2.75) is 101 Å². The largest absolute Gasteiger partial charge is 0.387 e. The normalized spacial score (nSPS) is 37.5. The molecule has 2 aliphatic heterocycles. The zero-order valence-corrected chi connectivity index (χ0v) is 19.2. The van der Waals surface area contributed by atoms with Crippen molar-refractivity contribution in [3.8, 4) is 0 Å². The van der Waals surface area contributed by atoms with Crippen LogP contribution in [-0.2, 0) is 9.53 Å². The Morgan fingerprint density at radius 3 is 2.48 bits per heavy atom. The Kier molecular flexibility index (Phi) is 9.25. The molecule has 29 heavy (non-hydrogen) atoms. The summed E-state index contributed by atoms with van der Waals surface area (Å²) in [5.74, 6) is 0.237. The molecule has 7 nitrogen and oxygen atoms in total. The minimum atomic E-state index is -1.33. The van der Waals surface area contributed by atoms with Gasteiger partial charge in [0.15, 0.2) is 0 Å². The average molecular weight is 433 g/mol. The van der Waals surface area contributed by atoms with Gasteiger partial charge in [0, 0.05) is 13.0 Å². The molecule has 2 fully saturated rings. The molecule has 8 heteroatoms. The van der Waals surface area contributed by atoms with Crippen LogP contribution in [0.25, 0.3) is 0 Å². The predicted molar refractivity (Wildman–Crippen MR) is 116 cm³/mol. The van der Waals surface area contributed by atoms with Crippen molar-refractivity contribution in [1.29, 1.82) is 0 Å². The molecule has 0 spiro atoms. The van der Waals surface area contributed by atoms with Gasteiger partial charge in [-0.3, -0.25) is 4.79 Å². The van der Waals surface area contributed by atoms with E-state index in [9.17, 15) is 20.1 Å². The van der Waals surface area contributed by atoms with Crippen LogP contribution in [0.3, 0.4) is 0 Å². The molecule has 1 amide bonds. The lowest BCUT2D eigenvalue weighted by atomic mass is 9.70. The predicted octanol–water partition coefficient (Wildman–Crippen LogP) is 1.25. The quantitative estimate of drug-likeness (QED) is 0.349. The number of nitrogens with one attached hydrogen (secondary N) is 2.